The molecule has 0 aromatic heterocycles. The number of primary amides is 1. The maximum atomic E-state index is 11.1. The van der Waals surface area contributed by atoms with E-state index in [1.807, 2.05) is 30.3 Å². The summed E-state index contributed by atoms with van der Waals surface area (Å²) in [4.78, 5) is 15.3. The van der Waals surface area contributed by atoms with Crippen LogP contribution in [-0.4, -0.2) is 32.1 Å². The zero-order chi connectivity index (χ0) is 18.4. The lowest BCUT2D eigenvalue weighted by Gasteiger charge is -2.14. The van der Waals surface area contributed by atoms with Gasteiger partial charge in [-0.2, -0.15) is 0 Å². The average Bonchev–Trinajstić information content (AvgIpc) is 2.90. The molecule has 0 aliphatic carbocycles. The molecule has 7 nitrogen and oxygen atoms in total. The van der Waals surface area contributed by atoms with Crippen molar-refractivity contribution in [2.75, 3.05) is 25.6 Å². The van der Waals surface area contributed by atoms with Gasteiger partial charge >= 0.3 is 0 Å². The average molecular weight is 354 g/mol. The lowest BCUT2D eigenvalue weighted by molar-refractivity contribution is 0.100. The van der Waals surface area contributed by atoms with Crippen LogP contribution in [-0.2, 0) is 6.54 Å². The number of guanidine groups is 1. The molecule has 0 fully saturated rings. The van der Waals surface area contributed by atoms with E-state index in [4.69, 9.17) is 15.2 Å². The molecular weight excluding hydrogens is 332 g/mol. The molecular formula is C19H22N4O3. The number of benzene rings is 2. The zero-order valence-electron chi connectivity index (χ0n) is 14.6. The molecule has 1 amide bonds. The first-order valence-corrected chi connectivity index (χ1v) is 8.42. The Morgan fingerprint density at radius 1 is 1.12 bits per heavy atom. The van der Waals surface area contributed by atoms with E-state index in [9.17, 15) is 4.79 Å². The van der Waals surface area contributed by atoms with Gasteiger partial charge in [0, 0.05) is 37.3 Å². The van der Waals surface area contributed by atoms with Crippen LogP contribution in [0.5, 0.6) is 11.5 Å². The van der Waals surface area contributed by atoms with Crippen molar-refractivity contribution in [1.29, 1.82) is 0 Å². The number of carbonyl (C=O) groups is 1. The second kappa shape index (κ2) is 8.24. The van der Waals surface area contributed by atoms with E-state index in [1.165, 1.54) is 0 Å². The monoisotopic (exact) mass is 354 g/mol. The van der Waals surface area contributed by atoms with Gasteiger partial charge in [-0.15, -0.1) is 0 Å². The fraction of sp³-hybridized carbons (Fsp3) is 0.263. The fourth-order valence-corrected chi connectivity index (χ4v) is 2.53. The molecule has 0 saturated carbocycles. The van der Waals surface area contributed by atoms with Gasteiger partial charge in [0.05, 0.1) is 13.2 Å². The van der Waals surface area contributed by atoms with Gasteiger partial charge in [-0.25, -0.2) is 0 Å². The molecule has 0 atom stereocenters. The summed E-state index contributed by atoms with van der Waals surface area (Å²) in [5.41, 5.74) is 7.60. The summed E-state index contributed by atoms with van der Waals surface area (Å²) in [6.45, 7) is 1.87. The number of rotatable bonds is 4. The van der Waals surface area contributed by atoms with Gasteiger partial charge in [0.25, 0.3) is 0 Å². The van der Waals surface area contributed by atoms with E-state index in [-0.39, 0.29) is 0 Å². The number of amides is 1. The second-order valence-corrected chi connectivity index (χ2v) is 5.82. The third kappa shape index (κ3) is 4.44. The number of fused-ring (bicyclic) bond motifs is 1. The van der Waals surface area contributed by atoms with Gasteiger partial charge < -0.3 is 25.8 Å². The minimum absolute atomic E-state index is 0.434. The minimum atomic E-state index is -0.434. The van der Waals surface area contributed by atoms with Crippen LogP contribution in [0.4, 0.5) is 5.69 Å². The number of hydrogen-bond acceptors (Lipinski definition) is 4. The van der Waals surface area contributed by atoms with Crippen molar-refractivity contribution in [2.45, 2.75) is 13.0 Å². The van der Waals surface area contributed by atoms with Crippen molar-refractivity contribution < 1.29 is 14.3 Å². The van der Waals surface area contributed by atoms with Crippen LogP contribution in [0.1, 0.15) is 22.3 Å². The smallest absolute Gasteiger partial charge is 0.248 e. The highest BCUT2D eigenvalue weighted by molar-refractivity contribution is 5.94. The molecule has 0 spiro atoms. The molecule has 0 radical (unpaired) electrons. The number of nitrogens with zero attached hydrogens (tertiary/aromatic N) is 1. The van der Waals surface area contributed by atoms with Crippen LogP contribution >= 0.6 is 0 Å². The molecule has 4 N–H and O–H groups in total. The summed E-state index contributed by atoms with van der Waals surface area (Å²) in [6, 6.07) is 12.8. The van der Waals surface area contributed by atoms with Crippen molar-refractivity contribution in [3.63, 3.8) is 0 Å². The lowest BCUT2D eigenvalue weighted by atomic mass is 10.1. The number of carbonyl (C=O) groups excluding carboxylic acids is 1. The summed E-state index contributed by atoms with van der Waals surface area (Å²) < 4.78 is 11.3. The zero-order valence-corrected chi connectivity index (χ0v) is 14.6. The van der Waals surface area contributed by atoms with Gasteiger partial charge in [-0.3, -0.25) is 9.79 Å². The molecule has 1 heterocycles. The summed E-state index contributed by atoms with van der Waals surface area (Å²) in [5.74, 6) is 1.67. The largest absolute Gasteiger partial charge is 0.490 e. The van der Waals surface area contributed by atoms with Crippen LogP contribution < -0.4 is 25.8 Å². The maximum absolute atomic E-state index is 11.1. The Bertz CT molecular complexity index is 803. The van der Waals surface area contributed by atoms with Crippen LogP contribution in [0.25, 0.3) is 0 Å². The fourth-order valence-electron chi connectivity index (χ4n) is 2.53. The number of anilines is 1. The maximum Gasteiger partial charge on any atom is 0.248 e. The highest BCUT2D eigenvalue weighted by atomic mass is 16.5. The summed E-state index contributed by atoms with van der Waals surface area (Å²) in [5, 5.41) is 6.45. The molecule has 1 aliphatic rings. The molecule has 2 aromatic carbocycles. The van der Waals surface area contributed by atoms with Crippen LogP contribution in [0.3, 0.4) is 0 Å². The predicted octanol–water partition coefficient (Wildman–Crippen LogP) is 2.13. The molecule has 0 saturated heterocycles. The van der Waals surface area contributed by atoms with E-state index < -0.39 is 5.91 Å². The van der Waals surface area contributed by atoms with Gasteiger partial charge in [0.1, 0.15) is 0 Å². The predicted molar refractivity (Wildman–Crippen MR) is 101 cm³/mol. The second-order valence-electron chi connectivity index (χ2n) is 5.82. The Hall–Kier alpha value is -3.22. The highest BCUT2D eigenvalue weighted by Crippen LogP contribution is 2.32. The van der Waals surface area contributed by atoms with E-state index in [0.717, 1.165) is 29.2 Å². The molecule has 3 rings (SSSR count). The molecule has 2 aromatic rings. The van der Waals surface area contributed by atoms with Gasteiger partial charge in [-0.1, -0.05) is 12.1 Å². The van der Waals surface area contributed by atoms with Gasteiger partial charge in [0.15, 0.2) is 17.5 Å². The third-order valence-corrected chi connectivity index (χ3v) is 3.93. The minimum Gasteiger partial charge on any atom is -0.490 e. The first-order valence-electron chi connectivity index (χ1n) is 8.42. The molecule has 0 bridgehead atoms. The molecule has 1 aliphatic heterocycles. The lowest BCUT2D eigenvalue weighted by Crippen LogP contribution is -2.30. The van der Waals surface area contributed by atoms with Gasteiger partial charge in [0.2, 0.25) is 5.91 Å². The standard InChI is InChI=1S/C19H22N4O3/c1-21-19(22-12-13-3-5-14(6-4-13)18(20)24)23-15-7-8-16-17(11-15)26-10-2-9-25-16/h3-8,11H,2,9-10,12H2,1H3,(H2,20,24)(H2,21,22,23). The number of hydrogen-bond donors (Lipinski definition) is 3. The topological polar surface area (TPSA) is 98.0 Å². The Morgan fingerprint density at radius 2 is 1.85 bits per heavy atom. The summed E-state index contributed by atoms with van der Waals surface area (Å²) in [6.07, 6.45) is 0.870. The highest BCUT2D eigenvalue weighted by Gasteiger charge is 2.11. The van der Waals surface area contributed by atoms with Crippen molar-refractivity contribution in [3.05, 3.63) is 53.6 Å². The number of nitrogens with two attached hydrogens (primary N) is 1. The van der Waals surface area contributed by atoms with Crippen molar-refractivity contribution in [1.82, 2.24) is 5.32 Å². The molecule has 26 heavy (non-hydrogen) atoms. The first kappa shape index (κ1) is 17.6. The van der Waals surface area contributed by atoms with Crippen LogP contribution in [0.2, 0.25) is 0 Å². The molecule has 136 valence electrons. The van der Waals surface area contributed by atoms with E-state index in [2.05, 4.69) is 15.6 Å². The van der Waals surface area contributed by atoms with E-state index in [1.54, 1.807) is 19.2 Å². The summed E-state index contributed by atoms with van der Waals surface area (Å²) in [7, 11) is 1.70. The van der Waals surface area contributed by atoms with Crippen molar-refractivity contribution in [2.24, 2.45) is 10.7 Å². The summed E-state index contributed by atoms with van der Waals surface area (Å²) >= 11 is 0. The third-order valence-electron chi connectivity index (χ3n) is 3.93. The van der Waals surface area contributed by atoms with Crippen LogP contribution in [0, 0.1) is 0 Å². The number of aliphatic imine (C=N–C) groups is 1. The number of nitrogens with one attached hydrogen (secondary N) is 2. The molecule has 7 heteroatoms. The van der Waals surface area contributed by atoms with Crippen molar-refractivity contribution in [3.8, 4) is 11.5 Å². The van der Waals surface area contributed by atoms with Gasteiger partial charge in [-0.05, 0) is 29.8 Å². The quantitative estimate of drug-likeness (QED) is 0.577. The Morgan fingerprint density at radius 3 is 2.54 bits per heavy atom. The Kier molecular flexibility index (Phi) is 5.58. The number of ether oxygens (including phenoxy) is 2. The van der Waals surface area contributed by atoms with E-state index >= 15 is 0 Å². The SMILES string of the molecule is CN=C(NCc1ccc(C(N)=O)cc1)Nc1ccc2c(c1)OCCCO2. The Balaban J connectivity index is 1.61. The van der Waals surface area contributed by atoms with Crippen LogP contribution in [0.15, 0.2) is 47.5 Å². The molecule has 0 unspecified atom stereocenters. The van der Waals surface area contributed by atoms with E-state index in [0.29, 0.717) is 31.3 Å². The first-order chi connectivity index (χ1) is 12.7. The Labute approximate surface area is 152 Å². The van der Waals surface area contributed by atoms with Crippen molar-refractivity contribution >= 4 is 17.6 Å². The normalized spacial score (nSPS) is 13.7.